The zero-order chi connectivity index (χ0) is 25.2. The fourth-order valence-electron chi connectivity index (χ4n) is 3.60. The predicted molar refractivity (Wildman–Crippen MR) is 141 cm³/mol. The molecule has 9 nitrogen and oxygen atoms in total. The molecule has 182 valence electrons. The van der Waals surface area contributed by atoms with Crippen LogP contribution in [-0.2, 0) is 11.5 Å². The number of nitrogens with two attached hydrogens (primary N) is 1. The molecule has 4 rings (SSSR count). The maximum atomic E-state index is 12.2. The second-order valence-corrected chi connectivity index (χ2v) is 15.5. The van der Waals surface area contributed by atoms with Crippen molar-refractivity contribution < 1.29 is 9.53 Å². The third-order valence-corrected chi connectivity index (χ3v) is 7.36. The number of ether oxygens (including phenoxy) is 1. The van der Waals surface area contributed by atoms with Gasteiger partial charge in [-0.15, -0.1) is 0 Å². The first-order valence-electron chi connectivity index (χ1n) is 11.5. The molecule has 10 heteroatoms. The fourth-order valence-corrected chi connectivity index (χ4v) is 4.35. The van der Waals surface area contributed by atoms with Crippen molar-refractivity contribution in [2.75, 3.05) is 26.4 Å². The van der Waals surface area contributed by atoms with Crippen molar-refractivity contribution in [3.05, 3.63) is 54.7 Å². The number of nitrogen functional groups attached to an aromatic ring is 1. The van der Waals surface area contributed by atoms with Gasteiger partial charge in [0.25, 0.3) is 5.91 Å². The molecule has 2 N–H and O–H groups in total. The molecular weight excluding hydrogens is 458 g/mol. The summed E-state index contributed by atoms with van der Waals surface area (Å²) in [6.07, 6.45) is 6.79. The maximum Gasteiger partial charge on any atom is 0.254 e. The van der Waals surface area contributed by atoms with E-state index in [4.69, 9.17) is 10.5 Å². The van der Waals surface area contributed by atoms with Gasteiger partial charge >= 0.3 is 0 Å². The number of rotatable bonds is 8. The van der Waals surface area contributed by atoms with Crippen molar-refractivity contribution in [2.45, 2.75) is 32.4 Å². The van der Waals surface area contributed by atoms with Gasteiger partial charge in [-0.2, -0.15) is 0 Å². The average molecular weight is 490 g/mol. The Labute approximate surface area is 206 Å². The zero-order valence-electron chi connectivity index (χ0n) is 20.8. The highest BCUT2D eigenvalue weighted by Gasteiger charge is 2.16. The molecule has 0 aliphatic heterocycles. The van der Waals surface area contributed by atoms with Crippen LogP contribution < -0.4 is 5.73 Å². The molecule has 4 aromatic heterocycles. The Morgan fingerprint density at radius 1 is 1.06 bits per heavy atom. The lowest BCUT2D eigenvalue weighted by molar-refractivity contribution is 0.0827. The summed E-state index contributed by atoms with van der Waals surface area (Å²) in [4.78, 5) is 31.7. The van der Waals surface area contributed by atoms with Crippen molar-refractivity contribution in [1.29, 1.82) is 0 Å². The lowest BCUT2D eigenvalue weighted by Crippen LogP contribution is -2.22. The molecule has 0 bridgehead atoms. The monoisotopic (exact) mass is 489 g/mol. The Morgan fingerprint density at radius 3 is 2.54 bits per heavy atom. The Bertz CT molecular complexity index is 1340. The average Bonchev–Trinajstić information content (AvgIpc) is 3.24. The Morgan fingerprint density at radius 2 is 1.86 bits per heavy atom. The van der Waals surface area contributed by atoms with Crippen LogP contribution in [0.4, 0.5) is 5.82 Å². The Kier molecular flexibility index (Phi) is 6.95. The molecule has 0 radical (unpaired) electrons. The van der Waals surface area contributed by atoms with E-state index >= 15 is 0 Å². The quantitative estimate of drug-likeness (QED) is 0.292. The van der Waals surface area contributed by atoms with E-state index in [9.17, 15) is 4.79 Å². The second kappa shape index (κ2) is 9.93. The molecule has 0 spiro atoms. The number of amides is 1. The third kappa shape index (κ3) is 5.55. The largest absolute Gasteiger partial charge is 0.383 e. The van der Waals surface area contributed by atoms with Crippen LogP contribution >= 0.6 is 0 Å². The summed E-state index contributed by atoms with van der Waals surface area (Å²) in [5.41, 5.74) is 11.3. The minimum absolute atomic E-state index is 0.108. The first-order chi connectivity index (χ1) is 16.6. The predicted octanol–water partition coefficient (Wildman–Crippen LogP) is 4.15. The molecule has 35 heavy (non-hydrogen) atoms. The van der Waals surface area contributed by atoms with Gasteiger partial charge in [0.2, 0.25) is 0 Å². The minimum atomic E-state index is -1.14. The summed E-state index contributed by atoms with van der Waals surface area (Å²) < 4.78 is 7.81. The number of hydrogen-bond acceptors (Lipinski definition) is 7. The highest BCUT2D eigenvalue weighted by molar-refractivity contribution is 6.76. The van der Waals surface area contributed by atoms with Gasteiger partial charge in [-0.1, -0.05) is 19.6 Å². The van der Waals surface area contributed by atoms with Gasteiger partial charge in [0, 0.05) is 64.1 Å². The summed E-state index contributed by atoms with van der Waals surface area (Å²) in [6, 6.07) is 8.48. The number of carbonyl (C=O) groups excluding carboxylic acids is 1. The van der Waals surface area contributed by atoms with Crippen LogP contribution in [0.3, 0.4) is 0 Å². The number of hydrogen-bond donors (Lipinski definition) is 1. The second-order valence-electron chi connectivity index (χ2n) is 9.88. The normalized spacial score (nSPS) is 11.7. The van der Waals surface area contributed by atoms with Gasteiger partial charge in [-0.3, -0.25) is 14.3 Å². The van der Waals surface area contributed by atoms with Crippen LogP contribution in [0.2, 0.25) is 25.7 Å². The molecule has 0 aliphatic rings. The number of anilines is 1. The summed E-state index contributed by atoms with van der Waals surface area (Å²) in [6.45, 7) is 8.13. The first kappa shape index (κ1) is 24.5. The zero-order valence-corrected chi connectivity index (χ0v) is 21.8. The van der Waals surface area contributed by atoms with E-state index in [1.165, 1.54) is 4.90 Å². The van der Waals surface area contributed by atoms with Crippen molar-refractivity contribution >= 4 is 31.0 Å². The SMILES string of the molecule is CN(C)C(=O)c1ccc(-c2cc(-c3ccnc4c3ncn4COCC[Si](C)(C)C)cnc2N)nc1. The molecule has 0 aliphatic carbocycles. The third-order valence-electron chi connectivity index (χ3n) is 5.65. The fraction of sp³-hybridized carbons (Fsp3) is 0.320. The van der Waals surface area contributed by atoms with Crippen molar-refractivity contribution in [1.82, 2.24) is 29.4 Å². The van der Waals surface area contributed by atoms with Gasteiger partial charge in [0.05, 0.1) is 17.6 Å². The summed E-state index contributed by atoms with van der Waals surface area (Å²) in [5, 5.41) is 0. The van der Waals surface area contributed by atoms with Crippen molar-refractivity contribution in [2.24, 2.45) is 0 Å². The van der Waals surface area contributed by atoms with Crippen molar-refractivity contribution in [3.63, 3.8) is 0 Å². The highest BCUT2D eigenvalue weighted by Crippen LogP contribution is 2.31. The summed E-state index contributed by atoms with van der Waals surface area (Å²) in [5.74, 6) is 0.252. The number of imidazole rings is 1. The molecule has 0 saturated heterocycles. The Balaban J connectivity index is 1.62. The highest BCUT2D eigenvalue weighted by atomic mass is 28.3. The molecule has 0 saturated carbocycles. The van der Waals surface area contributed by atoms with Crippen molar-refractivity contribution in [3.8, 4) is 22.4 Å². The van der Waals surface area contributed by atoms with Crippen LogP contribution in [0.1, 0.15) is 10.4 Å². The standard InChI is InChI=1S/C25H31N7O2Si/c1-31(2)25(33)17-6-7-21(28-13-17)20-12-18(14-29-23(20)26)19-8-9-27-24-22(19)30-15-32(24)16-34-10-11-35(3,4)5/h6-9,12-15H,10-11,16H2,1-5H3,(H2,26,29). The maximum absolute atomic E-state index is 12.2. The summed E-state index contributed by atoms with van der Waals surface area (Å²) >= 11 is 0. The topological polar surface area (TPSA) is 112 Å². The first-order valence-corrected chi connectivity index (χ1v) is 15.2. The van der Waals surface area contributed by atoms with E-state index in [0.29, 0.717) is 29.4 Å². The van der Waals surface area contributed by atoms with Crippen LogP contribution in [0, 0.1) is 0 Å². The summed E-state index contributed by atoms with van der Waals surface area (Å²) in [7, 11) is 2.27. The van der Waals surface area contributed by atoms with Crippen LogP contribution in [0.5, 0.6) is 0 Å². The lowest BCUT2D eigenvalue weighted by atomic mass is 10.0. The van der Waals surface area contributed by atoms with Gasteiger partial charge < -0.3 is 15.4 Å². The smallest absolute Gasteiger partial charge is 0.254 e. The molecule has 0 aromatic carbocycles. The van der Waals surface area contributed by atoms with Gasteiger partial charge in [0.15, 0.2) is 5.65 Å². The van der Waals surface area contributed by atoms with E-state index in [2.05, 4.69) is 39.6 Å². The molecular formula is C25H31N7O2Si. The number of pyridine rings is 3. The number of aromatic nitrogens is 5. The number of nitrogens with zero attached hydrogens (tertiary/aromatic N) is 6. The van der Waals surface area contributed by atoms with Crippen LogP contribution in [-0.4, -0.2) is 64.1 Å². The van der Waals surface area contributed by atoms with Crippen LogP contribution in [0.15, 0.2) is 49.2 Å². The van der Waals surface area contributed by atoms with E-state index in [1.807, 2.05) is 16.7 Å². The van der Waals surface area contributed by atoms with Crippen LogP contribution in [0.25, 0.3) is 33.5 Å². The lowest BCUT2D eigenvalue weighted by Gasteiger charge is -2.15. The number of carbonyl (C=O) groups is 1. The van der Waals surface area contributed by atoms with Gasteiger partial charge in [0.1, 0.15) is 18.1 Å². The molecule has 4 heterocycles. The van der Waals surface area contributed by atoms with E-state index in [1.54, 1.807) is 51.1 Å². The van der Waals surface area contributed by atoms with E-state index in [0.717, 1.165) is 34.9 Å². The minimum Gasteiger partial charge on any atom is -0.383 e. The molecule has 0 atom stereocenters. The molecule has 0 unspecified atom stereocenters. The molecule has 0 fully saturated rings. The van der Waals surface area contributed by atoms with E-state index in [-0.39, 0.29) is 5.91 Å². The van der Waals surface area contributed by atoms with Gasteiger partial charge in [-0.25, -0.2) is 15.0 Å². The van der Waals surface area contributed by atoms with E-state index < -0.39 is 8.07 Å². The Hall–Kier alpha value is -3.63. The molecule has 4 aromatic rings. The number of fused-ring (bicyclic) bond motifs is 1. The molecule has 1 amide bonds. The van der Waals surface area contributed by atoms with Gasteiger partial charge in [-0.05, 0) is 30.3 Å².